The molecule has 11 N–H and O–H groups in total. The third kappa shape index (κ3) is 12.9. The van der Waals surface area contributed by atoms with Crippen LogP contribution in [0.2, 0.25) is 30.1 Å². The van der Waals surface area contributed by atoms with E-state index < -0.39 is 133 Å². The number of nitrogens with zero attached hydrogens (tertiary/aromatic N) is 1. The Balaban J connectivity index is 1.16. The number of ether oxygens (including phenoxy) is 2. The van der Waals surface area contributed by atoms with Gasteiger partial charge in [-0.3, -0.25) is 33.6 Å². The lowest BCUT2D eigenvalue weighted by molar-refractivity contribution is -0.147. The average Bonchev–Trinajstić information content (AvgIpc) is 1.42. The molecular weight excluding hydrogens is 1300 g/mol. The van der Waals surface area contributed by atoms with Crippen molar-refractivity contribution in [2.24, 2.45) is 0 Å². The molecule has 90 heavy (non-hydrogen) atoms. The number of carbonyl (C=O) groups is 8. The number of ketones is 1. The minimum Gasteiger partial charge on any atom is -0.508 e. The highest BCUT2D eigenvalue weighted by atomic mass is 35.5. The van der Waals surface area contributed by atoms with Crippen molar-refractivity contribution in [3.63, 3.8) is 0 Å². The van der Waals surface area contributed by atoms with E-state index in [0.29, 0.717) is 22.0 Å². The number of halogens is 6. The second-order valence-electron chi connectivity index (χ2n) is 20.8. The molecule has 0 saturated carbocycles. The molecule has 6 atom stereocenters. The molecule has 462 valence electrons. The minimum atomic E-state index is -2.06. The van der Waals surface area contributed by atoms with Gasteiger partial charge < -0.3 is 71.5 Å². The second kappa shape index (κ2) is 26.0. The number of phenols is 5. The summed E-state index contributed by atoms with van der Waals surface area (Å²) in [4.78, 5) is 122. The molecule has 7 aromatic carbocycles. The van der Waals surface area contributed by atoms with Crippen LogP contribution in [0, 0.1) is 0 Å². The number of para-hydroxylation sites is 1. The Morgan fingerprint density at radius 2 is 1.16 bits per heavy atom. The lowest BCUT2D eigenvalue weighted by atomic mass is 9.94. The Labute approximate surface area is 539 Å². The molecule has 0 saturated heterocycles. The number of Topliss-reactive ketones (excluding diaryl/α,β-unsaturated/α-hetero) is 1. The van der Waals surface area contributed by atoms with Gasteiger partial charge in [-0.15, -0.1) is 0 Å². The molecule has 11 rings (SSSR count). The van der Waals surface area contributed by atoms with Gasteiger partial charge in [0.2, 0.25) is 35.3 Å². The van der Waals surface area contributed by atoms with E-state index in [9.17, 15) is 44.7 Å². The first-order chi connectivity index (χ1) is 42.8. The molecule has 4 heterocycles. The van der Waals surface area contributed by atoms with Gasteiger partial charge in [-0.25, -0.2) is 4.79 Å². The smallest absolute Gasteiger partial charge is 0.333 e. The number of benzene rings is 7. The molecule has 0 unspecified atom stereocenters. The van der Waals surface area contributed by atoms with Crippen LogP contribution in [-0.2, 0) is 51.1 Å². The van der Waals surface area contributed by atoms with Crippen LogP contribution < -0.4 is 31.3 Å². The van der Waals surface area contributed by atoms with Crippen molar-refractivity contribution in [1.29, 1.82) is 0 Å². The van der Waals surface area contributed by atoms with Crippen LogP contribution in [-0.4, -0.2) is 109 Å². The fourth-order valence-corrected chi connectivity index (χ4v) is 11.9. The summed E-state index contributed by atoms with van der Waals surface area (Å²) in [5.74, 6) is -11.9. The summed E-state index contributed by atoms with van der Waals surface area (Å²) >= 11 is 38.1. The van der Waals surface area contributed by atoms with Gasteiger partial charge in [0.15, 0.2) is 34.8 Å². The number of likely N-dealkylation sites (N-methyl/N-ethyl adjacent to an activating group) is 1. The zero-order valence-electron chi connectivity index (χ0n) is 46.5. The summed E-state index contributed by atoms with van der Waals surface area (Å²) in [6.07, 6.45) is 0.790. The van der Waals surface area contributed by atoms with Crippen molar-refractivity contribution >= 4 is 128 Å². The number of aromatic hydroxyl groups is 5. The third-order valence-electron chi connectivity index (χ3n) is 15.1. The second-order valence-corrected chi connectivity index (χ2v) is 23.2. The molecule has 0 spiro atoms. The first-order valence-electron chi connectivity index (χ1n) is 26.8. The Bertz CT molecular complexity index is 4230. The number of aromatic nitrogens is 1. The highest BCUT2D eigenvalue weighted by Crippen LogP contribution is 2.46. The SMILES string of the molecule is COC(=O)[C@H](NC(=O)[C@@H]1Cc2ccc(cc2)Oc2cc3cc(c2O)-c2cccc4c(c[nH]c24)C[C@@H](NC(=O)C(=O)c2cc(Cl)c(O)c(Cl)c2)C(=O)N[C@H](c2cc(Cl)c(O)c(Cl)c2)C(=O)N[C@H]3C(=O)N[C@H](c2cc(Cl)c(O)c(Cl)c2)C(=O)N1C)c1ccc(O)cc1. The van der Waals surface area contributed by atoms with Crippen LogP contribution in [0.15, 0.2) is 121 Å². The van der Waals surface area contributed by atoms with E-state index in [0.717, 1.165) is 48.4 Å². The molecule has 3 aliphatic rings. The molecule has 3 aliphatic heterocycles. The van der Waals surface area contributed by atoms with E-state index in [4.69, 9.17) is 79.1 Å². The number of nitrogens with one attached hydrogen (secondary N) is 6. The van der Waals surface area contributed by atoms with Gasteiger partial charge in [0.05, 0.1) is 42.8 Å². The normalized spacial score (nSPS) is 18.1. The number of amides is 6. The van der Waals surface area contributed by atoms with Crippen molar-refractivity contribution in [2.45, 2.75) is 49.1 Å². The molecule has 1 aromatic heterocycles. The molecule has 28 heteroatoms. The van der Waals surface area contributed by atoms with E-state index >= 15 is 19.2 Å². The maximum Gasteiger partial charge on any atom is 0.333 e. The Morgan fingerprint density at radius 3 is 1.73 bits per heavy atom. The predicted octanol–water partition coefficient (Wildman–Crippen LogP) is 9.29. The molecule has 0 aliphatic carbocycles. The number of hydrogen-bond acceptors (Lipinski definition) is 15. The lowest BCUT2D eigenvalue weighted by Crippen LogP contribution is -2.55. The fraction of sp³-hybridized carbons (Fsp3) is 0.161. The molecule has 22 nitrogen and oxygen atoms in total. The molecule has 6 amide bonds. The molecular formula is C62H47Cl6N7O15. The summed E-state index contributed by atoms with van der Waals surface area (Å²) in [6, 6.07) is 14.2. The number of H-pyrrole nitrogens is 1. The summed E-state index contributed by atoms with van der Waals surface area (Å²) in [7, 11) is 2.32. The number of aromatic amines is 1. The first kappa shape index (κ1) is 63.6. The maximum absolute atomic E-state index is 15.8. The number of fused-ring (bicyclic) bond motifs is 10. The van der Waals surface area contributed by atoms with Crippen LogP contribution in [0.3, 0.4) is 0 Å². The van der Waals surface area contributed by atoms with Gasteiger partial charge in [-0.1, -0.05) is 112 Å². The molecule has 9 bridgehead atoms. The highest BCUT2D eigenvalue weighted by Gasteiger charge is 2.40. The third-order valence-corrected chi connectivity index (χ3v) is 16.8. The Morgan fingerprint density at radius 1 is 0.622 bits per heavy atom. The lowest BCUT2D eigenvalue weighted by Gasteiger charge is -2.33. The number of hydrogen-bond donors (Lipinski definition) is 11. The summed E-state index contributed by atoms with van der Waals surface area (Å²) in [5, 5.41) is 65.2. The number of phenolic OH excluding ortho intramolecular Hbond substituents is 5. The maximum atomic E-state index is 15.8. The zero-order chi connectivity index (χ0) is 64.7. The fourth-order valence-electron chi connectivity index (χ4n) is 10.4. The highest BCUT2D eigenvalue weighted by molar-refractivity contribution is 6.45. The summed E-state index contributed by atoms with van der Waals surface area (Å²) in [6.45, 7) is 0. The van der Waals surface area contributed by atoms with Gasteiger partial charge >= 0.3 is 5.97 Å². The van der Waals surface area contributed by atoms with E-state index in [-0.39, 0.29) is 72.7 Å². The first-order valence-corrected chi connectivity index (χ1v) is 29.0. The monoisotopic (exact) mass is 1340 g/mol. The van der Waals surface area contributed by atoms with Gasteiger partial charge in [0.1, 0.15) is 41.7 Å². The topological polar surface area (TPSA) is 335 Å². The Hall–Kier alpha value is -9.42. The largest absolute Gasteiger partial charge is 0.508 e. The number of esters is 1. The van der Waals surface area contributed by atoms with Crippen LogP contribution in [0.25, 0.3) is 22.0 Å². The van der Waals surface area contributed by atoms with E-state index in [1.807, 2.05) is 0 Å². The summed E-state index contributed by atoms with van der Waals surface area (Å²) in [5.41, 5.74) is 0.486. The van der Waals surface area contributed by atoms with Crippen molar-refractivity contribution < 1.29 is 73.4 Å². The zero-order valence-corrected chi connectivity index (χ0v) is 51.0. The number of methoxy groups -OCH3 is 1. The van der Waals surface area contributed by atoms with Gasteiger partial charge in [0.25, 0.3) is 5.91 Å². The van der Waals surface area contributed by atoms with Crippen LogP contribution in [0.5, 0.6) is 40.2 Å². The van der Waals surface area contributed by atoms with E-state index in [1.54, 1.807) is 30.3 Å². The van der Waals surface area contributed by atoms with Crippen LogP contribution >= 0.6 is 69.6 Å². The van der Waals surface area contributed by atoms with Crippen molar-refractivity contribution in [3.8, 4) is 51.4 Å². The standard InChI is InChI=1S/C62H47Cl6N7O15/c1-75-44(57(83)74-49(62(88)89-2)26-8-10-32(76)11-9-26)14-25-6-12-33(13-7-25)90-45-23-27-15-36(52(45)78)35-5-3-4-34-31(24-69-50(34)35)22-43(70-60(86)51(77)30-20-41(67)55(81)42(68)21-30)56(82)71-47(28-16-37(63)53(79)38(64)17-28)58(84)72-46(27)59(85)73-48(61(75)87)29-18-39(65)54(80)40(66)19-29/h3-13,15-21,23-24,43-44,46-49,69,76,78-81H,14,22H2,1-2H3,(H,70,86)(H,71,82)(H,72,84)(H,73,85)(H,74,83)/t43-,44+,46-,47-,48-,49-/m1/s1. The minimum absolute atomic E-state index is 0.0263. The molecule has 8 aromatic rings. The van der Waals surface area contributed by atoms with E-state index in [2.05, 4.69) is 31.6 Å². The van der Waals surface area contributed by atoms with Crippen molar-refractivity contribution in [1.82, 2.24) is 36.5 Å². The van der Waals surface area contributed by atoms with Crippen molar-refractivity contribution in [3.05, 3.63) is 191 Å². The van der Waals surface area contributed by atoms with E-state index in [1.165, 1.54) is 61.8 Å². The van der Waals surface area contributed by atoms with Crippen molar-refractivity contribution in [2.75, 3.05) is 14.2 Å². The number of rotatable bonds is 9. The van der Waals surface area contributed by atoms with Crippen LogP contribution in [0.1, 0.15) is 67.9 Å². The number of carbonyl (C=O) groups excluding carboxylic acids is 8. The van der Waals surface area contributed by atoms with Crippen LogP contribution in [0.4, 0.5) is 0 Å². The van der Waals surface area contributed by atoms with Gasteiger partial charge in [0, 0.05) is 48.2 Å². The quantitative estimate of drug-likeness (QED) is 0.0364. The average molecular weight is 1340 g/mol. The molecule has 0 radical (unpaired) electrons. The summed E-state index contributed by atoms with van der Waals surface area (Å²) < 4.78 is 11.5. The van der Waals surface area contributed by atoms with Gasteiger partial charge in [-0.2, -0.15) is 0 Å². The van der Waals surface area contributed by atoms with Gasteiger partial charge in [-0.05, 0) is 106 Å². The molecule has 0 fully saturated rings. The Kier molecular flexibility index (Phi) is 18.3. The predicted molar refractivity (Wildman–Crippen MR) is 330 cm³/mol.